The number of rotatable bonds is 19. The zero-order chi connectivity index (χ0) is 40.4. The van der Waals surface area contributed by atoms with E-state index in [1.54, 1.807) is 21.0 Å². The Labute approximate surface area is 425 Å². The van der Waals surface area contributed by atoms with Crippen molar-refractivity contribution in [3.05, 3.63) is 98.1 Å². The van der Waals surface area contributed by atoms with Crippen molar-refractivity contribution in [2.24, 2.45) is 0 Å². The number of methoxy groups -OCH3 is 1. The maximum absolute atomic E-state index is 10.1. The second-order valence-corrected chi connectivity index (χ2v) is 29.5. The van der Waals surface area contributed by atoms with Gasteiger partial charge in [0, 0.05) is 25.9 Å². The number of esters is 2. The molecule has 0 saturated carbocycles. The van der Waals surface area contributed by atoms with Crippen LogP contribution in [0.1, 0.15) is 138 Å². The lowest BCUT2D eigenvalue weighted by Crippen LogP contribution is -2.57. The van der Waals surface area contributed by atoms with Gasteiger partial charge in [0.15, 0.2) is 16.6 Å². The van der Waals surface area contributed by atoms with E-state index < -0.39 is 33.8 Å². The minimum atomic E-state index is -2.31. The summed E-state index contributed by atoms with van der Waals surface area (Å²) in [6.45, 7) is 32.9. The first-order valence-corrected chi connectivity index (χ1v) is 29.7. The van der Waals surface area contributed by atoms with Gasteiger partial charge >= 0.3 is 29.1 Å². The summed E-state index contributed by atoms with van der Waals surface area (Å²) >= 11 is 0. The van der Waals surface area contributed by atoms with Crippen LogP contribution in [0.15, 0.2) is 98.1 Å². The first kappa shape index (κ1) is 115. The van der Waals surface area contributed by atoms with E-state index in [0.29, 0.717) is 26.4 Å². The van der Waals surface area contributed by atoms with Crippen LogP contribution in [0.3, 0.4) is 0 Å². The highest BCUT2D eigenvalue weighted by atomic mass is 28.5. The van der Waals surface area contributed by atoms with Gasteiger partial charge < -0.3 is 31.3 Å². The predicted octanol–water partition coefficient (Wildman–Crippen LogP) is 19.1. The summed E-state index contributed by atoms with van der Waals surface area (Å²) in [4.78, 5) is 20.1. The molecule has 0 heterocycles. The summed E-state index contributed by atoms with van der Waals surface area (Å²) in [6, 6.07) is 27.2. The van der Waals surface area contributed by atoms with Crippen LogP contribution < -0.4 is 0 Å². The number of hydrogen-bond donors (Lipinski definition) is 0. The van der Waals surface area contributed by atoms with E-state index in [1.807, 2.05) is 72.8 Å². The molecule has 2 aromatic rings. The van der Waals surface area contributed by atoms with Gasteiger partial charge in [0.2, 0.25) is 0 Å². The van der Waals surface area contributed by atoms with E-state index in [2.05, 4.69) is 82.3 Å². The van der Waals surface area contributed by atoms with Crippen molar-refractivity contribution in [1.29, 1.82) is 0 Å². The molecule has 0 aliphatic heterocycles. The zero-order valence-corrected chi connectivity index (χ0v) is 38.5. The van der Waals surface area contributed by atoms with E-state index in [4.69, 9.17) is 21.8 Å². The molecular formula is C53H128O9Si4. The maximum atomic E-state index is 10.1. The van der Waals surface area contributed by atoms with Crippen LogP contribution >= 0.6 is 0 Å². The summed E-state index contributed by atoms with van der Waals surface area (Å²) in [6.07, 6.45) is 3.24. The van der Waals surface area contributed by atoms with Gasteiger partial charge in [-0.2, -0.15) is 0 Å². The van der Waals surface area contributed by atoms with Gasteiger partial charge in [0.25, 0.3) is 0 Å². The van der Waals surface area contributed by atoms with Crippen LogP contribution in [0.2, 0.25) is 64.0 Å². The van der Waals surface area contributed by atoms with Crippen molar-refractivity contribution in [3.8, 4) is 0 Å². The molecule has 0 N–H and O–H groups in total. The van der Waals surface area contributed by atoms with Crippen LogP contribution in [-0.2, 0) is 40.9 Å². The average Bonchev–Trinajstić information content (AvgIpc) is 3.11. The van der Waals surface area contributed by atoms with Crippen LogP contribution in [-0.4, -0.2) is 85.8 Å². The lowest BCUT2D eigenvalue weighted by Gasteiger charge is -2.42. The maximum Gasteiger partial charge on any atom is 0.330 e. The largest absolute Gasteiger partial charge is 0.463 e. The summed E-state index contributed by atoms with van der Waals surface area (Å²) in [5.74, 6) is -0.718. The number of carbonyl (C=O) groups is 2. The number of ether oxygens (including phenoxy) is 4. The standard InChI is InChI=1S/C17H44O5Si4.2C6H6.2C5H8O2.14CH4/c1-11-23(4,5)20-25(8,9)22-26(10,21-24(6,7)12-2)17-13-14-19-16-15-18-3;2*1-2-4-6-5-3-1;2*1-3-5(6)7-4-2;;;;;;;;;;;;;;/h11-17H2,1-10H3;2*1-6H;2*3H,1,4H2,2H3;14*1H4. The lowest BCUT2D eigenvalue weighted by molar-refractivity contribution is -0.138. The number of carbonyl (C=O) groups excluding carboxylic acids is 2. The molecule has 0 aromatic heterocycles. The molecule has 13 heteroatoms. The molecule has 1 atom stereocenters. The molecule has 0 spiro atoms. The molecule has 0 bridgehead atoms. The van der Waals surface area contributed by atoms with Crippen molar-refractivity contribution in [3.63, 3.8) is 0 Å². The Kier molecular flexibility index (Phi) is 124. The van der Waals surface area contributed by atoms with Gasteiger partial charge in [-0.25, -0.2) is 9.59 Å². The molecule has 0 amide bonds. The lowest BCUT2D eigenvalue weighted by atomic mass is 10.4. The Morgan fingerprint density at radius 2 is 0.742 bits per heavy atom. The van der Waals surface area contributed by atoms with E-state index >= 15 is 0 Å². The summed E-state index contributed by atoms with van der Waals surface area (Å²) in [5.41, 5.74) is 0. The SMILES string of the molecule is C.C.C.C.C.C.C.C.C.C.C.C.C.C.C=CC(=O)OCC.C=CC(=O)OCC.CC[Si](C)(C)O[Si](C)(C)O[Si](C)(CCCOCCOC)O[Si](C)(C)CC.c1ccccc1.c1ccccc1. The van der Waals surface area contributed by atoms with Crippen molar-refractivity contribution in [1.82, 2.24) is 0 Å². The Hall–Kier alpha value is -2.47. The first-order valence-electron chi connectivity index (χ1n) is 18.2. The molecule has 1 unspecified atom stereocenters. The molecule has 0 aliphatic carbocycles. The van der Waals surface area contributed by atoms with E-state index in [9.17, 15) is 9.59 Å². The molecule has 2 rings (SSSR count). The fourth-order valence-corrected chi connectivity index (χ4v) is 22.0. The highest BCUT2D eigenvalue weighted by molar-refractivity contribution is 6.89. The van der Waals surface area contributed by atoms with Crippen LogP contribution in [0.25, 0.3) is 0 Å². The van der Waals surface area contributed by atoms with E-state index in [1.165, 1.54) is 0 Å². The zero-order valence-electron chi connectivity index (χ0n) is 34.5. The Morgan fingerprint density at radius 3 is 0.970 bits per heavy atom. The Bertz CT molecular complexity index is 1040. The van der Waals surface area contributed by atoms with Crippen molar-refractivity contribution in [2.75, 3.05) is 40.1 Å². The number of benzene rings is 2. The summed E-state index contributed by atoms with van der Waals surface area (Å²) in [5, 5.41) is 0. The Morgan fingerprint density at radius 1 is 0.455 bits per heavy atom. The first-order chi connectivity index (χ1) is 24.4. The third-order valence-corrected chi connectivity index (χ3v) is 23.2. The predicted molar refractivity (Wildman–Crippen MR) is 321 cm³/mol. The molecule has 0 radical (unpaired) electrons. The van der Waals surface area contributed by atoms with Crippen molar-refractivity contribution in [2.45, 2.75) is 202 Å². The highest BCUT2D eigenvalue weighted by Gasteiger charge is 2.45. The molecule has 0 saturated heterocycles. The van der Waals surface area contributed by atoms with Gasteiger partial charge in [-0.1, -0.05) is 204 Å². The second-order valence-electron chi connectivity index (χ2n) is 13.0. The average molecular weight is 1020 g/mol. The van der Waals surface area contributed by atoms with Crippen molar-refractivity contribution < 1.29 is 40.9 Å². The molecule has 2 aromatic carbocycles. The van der Waals surface area contributed by atoms with E-state index in [0.717, 1.165) is 43.3 Å². The highest BCUT2D eigenvalue weighted by Crippen LogP contribution is 2.29. The second kappa shape index (κ2) is 71.5. The molecule has 0 fully saturated rings. The van der Waals surface area contributed by atoms with Gasteiger partial charge in [-0.15, -0.1) is 0 Å². The molecule has 66 heavy (non-hydrogen) atoms. The third-order valence-electron chi connectivity index (χ3n) is 6.77. The summed E-state index contributed by atoms with van der Waals surface area (Å²) in [7, 11) is -6.21. The van der Waals surface area contributed by atoms with Crippen LogP contribution in [0, 0.1) is 0 Å². The smallest absolute Gasteiger partial charge is 0.330 e. The molecule has 9 nitrogen and oxygen atoms in total. The number of hydrogen-bond acceptors (Lipinski definition) is 9. The Balaban J connectivity index is -0.0000000336. The van der Waals surface area contributed by atoms with E-state index in [-0.39, 0.29) is 116 Å². The molecule has 410 valence electrons. The summed E-state index contributed by atoms with van der Waals surface area (Å²) < 4.78 is 39.6. The minimum absolute atomic E-state index is 0. The third kappa shape index (κ3) is 81.7. The monoisotopic (exact) mass is 1020 g/mol. The minimum Gasteiger partial charge on any atom is -0.463 e. The van der Waals surface area contributed by atoms with Gasteiger partial charge in [0.1, 0.15) is 0 Å². The topological polar surface area (TPSA) is 98.8 Å². The van der Waals surface area contributed by atoms with Crippen LogP contribution in [0.4, 0.5) is 0 Å². The van der Waals surface area contributed by atoms with Crippen LogP contribution in [0.5, 0.6) is 0 Å². The van der Waals surface area contributed by atoms with Crippen molar-refractivity contribution >= 4 is 45.7 Å². The normalized spacial score (nSPS) is 9.33. The quantitative estimate of drug-likeness (QED) is 0.0589. The molecular weight excluding hydrogens is 893 g/mol. The van der Waals surface area contributed by atoms with Gasteiger partial charge in [0.05, 0.1) is 26.4 Å². The fraction of sp³-hybridized carbons (Fsp3) is 0.660. The molecule has 0 aliphatic rings. The van der Waals surface area contributed by atoms with Gasteiger partial charge in [-0.05, 0) is 84.2 Å². The van der Waals surface area contributed by atoms with Gasteiger partial charge in [-0.3, -0.25) is 0 Å². The fourth-order valence-electron chi connectivity index (χ4n) is 3.97.